The number of nitrogens with zero attached hydrogens (tertiary/aromatic N) is 2. The van der Waals surface area contributed by atoms with Crippen molar-refractivity contribution >= 4 is 27.9 Å². The first kappa shape index (κ1) is 18.3. The summed E-state index contributed by atoms with van der Waals surface area (Å²) in [5, 5.41) is 0.532. The first-order chi connectivity index (χ1) is 15.2. The van der Waals surface area contributed by atoms with Crippen LogP contribution in [-0.2, 0) is 22.7 Å². The number of esters is 1. The van der Waals surface area contributed by atoms with E-state index in [2.05, 4.69) is 26.7 Å². The van der Waals surface area contributed by atoms with E-state index in [1.165, 1.54) is 0 Å². The van der Waals surface area contributed by atoms with E-state index in [-0.39, 0.29) is 23.6 Å². The minimum Gasteiger partial charge on any atom is -0.462 e. The average Bonchev–Trinajstić information content (AvgIpc) is 3.54. The number of imidazole rings is 1. The lowest BCUT2D eigenvalue weighted by atomic mass is 9.93. The minimum absolute atomic E-state index is 0.0920. The molecular weight excluding hydrogens is 394 g/mol. The van der Waals surface area contributed by atoms with Crippen molar-refractivity contribution in [3.63, 3.8) is 0 Å². The molecule has 2 aromatic heterocycles. The van der Waals surface area contributed by atoms with Gasteiger partial charge >= 0.3 is 5.97 Å². The third-order valence-electron chi connectivity index (χ3n) is 6.17. The molecule has 3 heterocycles. The number of hydrogen-bond donors (Lipinski definition) is 1. The highest BCUT2D eigenvalue weighted by molar-refractivity contribution is 5.97. The van der Waals surface area contributed by atoms with Crippen molar-refractivity contribution in [1.82, 2.24) is 14.5 Å². The van der Waals surface area contributed by atoms with Crippen LogP contribution in [0.5, 0.6) is 0 Å². The quantitative estimate of drug-likeness (QED) is 0.510. The number of ether oxygens (including phenoxy) is 2. The van der Waals surface area contributed by atoms with E-state index >= 15 is 0 Å². The van der Waals surface area contributed by atoms with Crippen molar-refractivity contribution in [1.29, 1.82) is 0 Å². The molecule has 0 unspecified atom stereocenters. The van der Waals surface area contributed by atoms with Gasteiger partial charge in [0, 0.05) is 23.2 Å². The lowest BCUT2D eigenvalue weighted by Gasteiger charge is -2.18. The van der Waals surface area contributed by atoms with Gasteiger partial charge in [-0.1, -0.05) is 6.07 Å². The Balaban J connectivity index is 1.66. The zero-order valence-electron chi connectivity index (χ0n) is 17.1. The molecule has 1 saturated carbocycles. The van der Waals surface area contributed by atoms with Gasteiger partial charge in [0.1, 0.15) is 5.56 Å². The number of nitrogens with one attached hydrogen (secondary N) is 1. The largest absolute Gasteiger partial charge is 0.462 e. The van der Waals surface area contributed by atoms with Crippen molar-refractivity contribution in [3.8, 4) is 11.1 Å². The second kappa shape index (κ2) is 6.78. The molecule has 1 aliphatic carbocycles. The Morgan fingerprint density at radius 3 is 2.94 bits per heavy atom. The molecule has 7 heteroatoms. The highest BCUT2D eigenvalue weighted by Crippen LogP contribution is 2.41. The van der Waals surface area contributed by atoms with Crippen molar-refractivity contribution in [2.75, 3.05) is 6.61 Å². The highest BCUT2D eigenvalue weighted by atomic mass is 16.5. The minimum atomic E-state index is -0.568. The topological polar surface area (TPSA) is 86.2 Å². The van der Waals surface area contributed by atoms with Crippen LogP contribution in [0.4, 0.5) is 0 Å². The predicted molar refractivity (Wildman–Crippen MR) is 116 cm³/mol. The molecule has 0 radical (unpaired) electrons. The van der Waals surface area contributed by atoms with Crippen molar-refractivity contribution in [2.45, 2.75) is 39.0 Å². The van der Waals surface area contributed by atoms with Crippen LogP contribution in [0, 0.1) is 0 Å². The Morgan fingerprint density at radius 1 is 1.26 bits per heavy atom. The number of carbonyl (C=O) groups is 1. The number of H-pyrrole nitrogens is 1. The van der Waals surface area contributed by atoms with E-state index in [0.29, 0.717) is 18.6 Å². The smallest absolute Gasteiger partial charge is 0.343 e. The van der Waals surface area contributed by atoms with Crippen LogP contribution >= 0.6 is 0 Å². The van der Waals surface area contributed by atoms with Gasteiger partial charge in [0.15, 0.2) is 0 Å². The molecule has 1 fully saturated rings. The molecule has 0 amide bonds. The van der Waals surface area contributed by atoms with E-state index in [4.69, 9.17) is 9.47 Å². The van der Waals surface area contributed by atoms with Crippen LogP contribution in [0.1, 0.15) is 47.3 Å². The normalized spacial score (nSPS) is 15.5. The van der Waals surface area contributed by atoms with Gasteiger partial charge in [-0.15, -0.1) is 0 Å². The van der Waals surface area contributed by atoms with Crippen LogP contribution in [-0.4, -0.2) is 27.1 Å². The monoisotopic (exact) mass is 415 g/mol. The average molecular weight is 415 g/mol. The van der Waals surface area contributed by atoms with Crippen molar-refractivity contribution in [2.24, 2.45) is 0 Å². The van der Waals surface area contributed by atoms with E-state index < -0.39 is 5.97 Å². The van der Waals surface area contributed by atoms with Gasteiger partial charge in [-0.2, -0.15) is 0 Å². The first-order valence-corrected chi connectivity index (χ1v) is 10.6. The summed E-state index contributed by atoms with van der Waals surface area (Å²) in [5.41, 5.74) is 6.69. The first-order valence-electron chi connectivity index (χ1n) is 10.6. The SMILES string of the molecule is CCOC(=O)c1cn(C2CC2)c2c3c(ccc2c1=O)-c1cc2nc[nH]c2cc1COC3. The molecule has 2 aliphatic rings. The van der Waals surface area contributed by atoms with Crippen molar-refractivity contribution in [3.05, 3.63) is 63.7 Å². The van der Waals surface area contributed by atoms with Crippen LogP contribution in [0.25, 0.3) is 33.1 Å². The molecule has 4 aromatic rings. The van der Waals surface area contributed by atoms with Crippen LogP contribution in [0.3, 0.4) is 0 Å². The lowest BCUT2D eigenvalue weighted by molar-refractivity contribution is 0.0524. The van der Waals surface area contributed by atoms with E-state index in [1.54, 1.807) is 19.4 Å². The maximum absolute atomic E-state index is 13.2. The molecule has 1 N–H and O–H groups in total. The molecular formula is C24H21N3O4. The maximum Gasteiger partial charge on any atom is 0.343 e. The van der Waals surface area contributed by atoms with Crippen molar-refractivity contribution < 1.29 is 14.3 Å². The Labute approximate surface area is 177 Å². The summed E-state index contributed by atoms with van der Waals surface area (Å²) < 4.78 is 13.3. The second-order valence-electron chi connectivity index (χ2n) is 8.14. The third-order valence-corrected chi connectivity index (χ3v) is 6.17. The fraction of sp³-hybridized carbons (Fsp3) is 0.292. The number of fused-ring (bicyclic) bond motifs is 6. The van der Waals surface area contributed by atoms with E-state index in [9.17, 15) is 9.59 Å². The number of pyridine rings is 1. The van der Waals surface area contributed by atoms with Gasteiger partial charge in [0.05, 0.1) is 42.7 Å². The standard InChI is InChI=1S/C24H21N3O4/c1-2-31-24(29)18-9-27(14-3-4-14)22-16(23(18)28)6-5-15-17-8-21-20(25-12-26-21)7-13(17)10-30-11-19(15)22/h5-9,12,14H,2-4,10-11H2,1H3,(H,25,26). The molecule has 2 aromatic carbocycles. The summed E-state index contributed by atoms with van der Waals surface area (Å²) >= 11 is 0. The number of benzene rings is 2. The summed E-state index contributed by atoms with van der Waals surface area (Å²) in [6, 6.07) is 8.24. The summed E-state index contributed by atoms with van der Waals surface area (Å²) in [6.45, 7) is 2.85. The fourth-order valence-corrected chi connectivity index (χ4v) is 4.58. The molecule has 7 nitrogen and oxygen atoms in total. The van der Waals surface area contributed by atoms with Gasteiger partial charge in [-0.25, -0.2) is 9.78 Å². The van der Waals surface area contributed by atoms with Gasteiger partial charge in [-0.3, -0.25) is 4.79 Å². The van der Waals surface area contributed by atoms with Crippen LogP contribution < -0.4 is 5.43 Å². The molecule has 1 aliphatic heterocycles. The number of carbonyl (C=O) groups excluding carboxylic acids is 1. The Hall–Kier alpha value is -3.45. The zero-order valence-corrected chi connectivity index (χ0v) is 17.1. The summed E-state index contributed by atoms with van der Waals surface area (Å²) in [4.78, 5) is 33.2. The molecule has 0 bridgehead atoms. The van der Waals surface area contributed by atoms with Crippen LogP contribution in [0.2, 0.25) is 0 Å². The Morgan fingerprint density at radius 2 is 2.13 bits per heavy atom. The molecule has 6 rings (SSSR count). The van der Waals surface area contributed by atoms with Gasteiger partial charge in [0.25, 0.3) is 0 Å². The van der Waals surface area contributed by atoms with Crippen LogP contribution in [0.15, 0.2) is 41.6 Å². The second-order valence-corrected chi connectivity index (χ2v) is 8.14. The predicted octanol–water partition coefficient (Wildman–Crippen LogP) is 4.09. The van der Waals surface area contributed by atoms with Gasteiger partial charge in [-0.05, 0) is 54.7 Å². The number of hydrogen-bond acceptors (Lipinski definition) is 5. The Kier molecular flexibility index (Phi) is 4.01. The van der Waals surface area contributed by atoms with E-state index in [0.717, 1.165) is 51.6 Å². The molecule has 0 atom stereocenters. The highest BCUT2D eigenvalue weighted by Gasteiger charge is 2.30. The molecule has 0 saturated heterocycles. The summed E-state index contributed by atoms with van der Waals surface area (Å²) in [7, 11) is 0. The summed E-state index contributed by atoms with van der Waals surface area (Å²) in [5.74, 6) is -0.568. The third kappa shape index (κ3) is 2.80. The molecule has 31 heavy (non-hydrogen) atoms. The molecule has 156 valence electrons. The maximum atomic E-state index is 13.2. The number of aromatic nitrogens is 3. The Bertz CT molecular complexity index is 1430. The van der Waals surface area contributed by atoms with Gasteiger partial charge < -0.3 is 19.0 Å². The zero-order chi connectivity index (χ0) is 21.1. The number of aromatic amines is 1. The van der Waals surface area contributed by atoms with Gasteiger partial charge in [0.2, 0.25) is 5.43 Å². The lowest BCUT2D eigenvalue weighted by Crippen LogP contribution is -2.21. The number of rotatable bonds is 3. The fourth-order valence-electron chi connectivity index (χ4n) is 4.58. The molecule has 0 spiro atoms. The summed E-state index contributed by atoms with van der Waals surface area (Å²) in [6.07, 6.45) is 5.42. The van der Waals surface area contributed by atoms with E-state index in [1.807, 2.05) is 12.1 Å².